The molecule has 1 rings (SSSR count). The molecule has 0 atom stereocenters. The normalized spacial score (nSPS) is 11.1. The number of benzene rings is 1. The van der Waals surface area contributed by atoms with E-state index in [1.54, 1.807) is 0 Å². The number of hydrogen-bond donors (Lipinski definition) is 2. The monoisotopic (exact) mass is 206 g/mol. The van der Waals surface area contributed by atoms with Gasteiger partial charge in [0.25, 0.3) is 0 Å². The fourth-order valence-electron chi connectivity index (χ4n) is 1.43. The van der Waals surface area contributed by atoms with Crippen LogP contribution in [0.25, 0.3) is 0 Å². The minimum atomic E-state index is 0.485. The van der Waals surface area contributed by atoms with E-state index >= 15 is 0 Å². The summed E-state index contributed by atoms with van der Waals surface area (Å²) in [6, 6.07) is 9.59. The number of hydrogen-bond acceptors (Lipinski definition) is 2. The van der Waals surface area contributed by atoms with Crippen molar-refractivity contribution in [1.82, 2.24) is 5.32 Å². The van der Waals surface area contributed by atoms with Gasteiger partial charge in [0, 0.05) is 24.3 Å². The zero-order valence-electron chi connectivity index (χ0n) is 10.2. The van der Waals surface area contributed by atoms with Gasteiger partial charge in [-0.3, -0.25) is 0 Å². The fourth-order valence-corrected chi connectivity index (χ4v) is 1.43. The average Bonchev–Trinajstić information content (AvgIpc) is 2.14. The molecule has 0 radical (unpaired) electrons. The van der Waals surface area contributed by atoms with E-state index in [0.29, 0.717) is 12.1 Å². The molecule has 84 valence electrons. The van der Waals surface area contributed by atoms with Gasteiger partial charge in [-0.05, 0) is 31.5 Å². The lowest BCUT2D eigenvalue weighted by molar-refractivity contribution is 0.589. The fraction of sp³-hybridized carbons (Fsp3) is 0.538. The van der Waals surface area contributed by atoms with E-state index in [1.807, 2.05) is 0 Å². The lowest BCUT2D eigenvalue weighted by Crippen LogP contribution is -2.21. The quantitative estimate of drug-likeness (QED) is 0.774. The Labute approximate surface area is 93.1 Å². The Kier molecular flexibility index (Phi) is 4.63. The molecule has 0 bridgehead atoms. The van der Waals surface area contributed by atoms with Gasteiger partial charge in [-0.25, -0.2) is 0 Å². The summed E-state index contributed by atoms with van der Waals surface area (Å²) >= 11 is 0. The molecule has 0 heterocycles. The molecular formula is C13H22N2. The molecular weight excluding hydrogens is 184 g/mol. The first kappa shape index (κ1) is 12.1. The highest BCUT2D eigenvalue weighted by Gasteiger charge is 1.98. The van der Waals surface area contributed by atoms with Crippen molar-refractivity contribution in [2.45, 2.75) is 46.3 Å². The van der Waals surface area contributed by atoms with E-state index in [0.717, 1.165) is 6.54 Å². The minimum Gasteiger partial charge on any atom is -0.383 e. The Morgan fingerprint density at radius 3 is 2.40 bits per heavy atom. The standard InChI is InChI=1S/C13H22N2/c1-10(2)14-9-12-6-5-7-13(8-12)15-11(3)4/h5-8,10-11,14-15H,9H2,1-4H3. The first-order valence-electron chi connectivity index (χ1n) is 5.67. The van der Waals surface area contributed by atoms with E-state index in [-0.39, 0.29) is 0 Å². The lowest BCUT2D eigenvalue weighted by Gasteiger charge is -2.12. The van der Waals surface area contributed by atoms with Crippen molar-refractivity contribution in [1.29, 1.82) is 0 Å². The van der Waals surface area contributed by atoms with Crippen LogP contribution in [-0.2, 0) is 6.54 Å². The maximum atomic E-state index is 3.41. The van der Waals surface area contributed by atoms with Gasteiger partial charge in [0.15, 0.2) is 0 Å². The third kappa shape index (κ3) is 4.84. The van der Waals surface area contributed by atoms with Gasteiger partial charge in [0.2, 0.25) is 0 Å². The Morgan fingerprint density at radius 2 is 1.80 bits per heavy atom. The van der Waals surface area contributed by atoms with Crippen molar-refractivity contribution in [3.63, 3.8) is 0 Å². The highest BCUT2D eigenvalue weighted by Crippen LogP contribution is 2.11. The summed E-state index contributed by atoms with van der Waals surface area (Å²) in [5.41, 5.74) is 2.53. The lowest BCUT2D eigenvalue weighted by atomic mass is 10.2. The van der Waals surface area contributed by atoms with Gasteiger partial charge in [-0.2, -0.15) is 0 Å². The maximum absolute atomic E-state index is 3.41. The average molecular weight is 206 g/mol. The summed E-state index contributed by atoms with van der Waals surface area (Å²) < 4.78 is 0. The van der Waals surface area contributed by atoms with E-state index in [1.165, 1.54) is 11.3 Å². The first-order chi connectivity index (χ1) is 7.08. The highest BCUT2D eigenvalue weighted by atomic mass is 14.9. The second-order valence-corrected chi connectivity index (χ2v) is 4.54. The molecule has 0 fully saturated rings. The van der Waals surface area contributed by atoms with Gasteiger partial charge in [0.05, 0.1) is 0 Å². The molecule has 0 aliphatic carbocycles. The molecule has 0 aliphatic rings. The third-order valence-electron chi connectivity index (χ3n) is 2.10. The second-order valence-electron chi connectivity index (χ2n) is 4.54. The largest absolute Gasteiger partial charge is 0.383 e. The van der Waals surface area contributed by atoms with Crippen LogP contribution in [0.2, 0.25) is 0 Å². The predicted octanol–water partition coefficient (Wildman–Crippen LogP) is 3.00. The van der Waals surface area contributed by atoms with Crippen LogP contribution >= 0.6 is 0 Å². The smallest absolute Gasteiger partial charge is 0.0345 e. The summed E-state index contributed by atoms with van der Waals surface area (Å²) in [4.78, 5) is 0. The Hall–Kier alpha value is -1.02. The summed E-state index contributed by atoms with van der Waals surface area (Å²) in [5, 5.41) is 6.82. The number of rotatable bonds is 5. The van der Waals surface area contributed by atoms with Gasteiger partial charge in [-0.15, -0.1) is 0 Å². The molecule has 2 nitrogen and oxygen atoms in total. The summed E-state index contributed by atoms with van der Waals surface area (Å²) in [6.45, 7) is 9.57. The first-order valence-corrected chi connectivity index (χ1v) is 5.67. The van der Waals surface area contributed by atoms with E-state index in [2.05, 4.69) is 62.6 Å². The predicted molar refractivity (Wildman–Crippen MR) is 67.2 cm³/mol. The molecule has 0 spiro atoms. The molecule has 2 heteroatoms. The number of nitrogens with one attached hydrogen (secondary N) is 2. The van der Waals surface area contributed by atoms with E-state index < -0.39 is 0 Å². The van der Waals surface area contributed by atoms with Crippen LogP contribution in [0.3, 0.4) is 0 Å². The molecule has 0 amide bonds. The molecule has 0 saturated heterocycles. The highest BCUT2D eigenvalue weighted by molar-refractivity contribution is 5.46. The Morgan fingerprint density at radius 1 is 1.07 bits per heavy atom. The van der Waals surface area contributed by atoms with Crippen molar-refractivity contribution in [3.05, 3.63) is 29.8 Å². The van der Waals surface area contributed by atoms with Gasteiger partial charge in [0.1, 0.15) is 0 Å². The SMILES string of the molecule is CC(C)NCc1cccc(NC(C)C)c1. The van der Waals surface area contributed by atoms with Crippen LogP contribution in [0.5, 0.6) is 0 Å². The van der Waals surface area contributed by atoms with Crippen LogP contribution in [0.4, 0.5) is 5.69 Å². The molecule has 0 unspecified atom stereocenters. The molecule has 0 saturated carbocycles. The van der Waals surface area contributed by atoms with E-state index in [9.17, 15) is 0 Å². The third-order valence-corrected chi connectivity index (χ3v) is 2.10. The van der Waals surface area contributed by atoms with Crippen molar-refractivity contribution in [3.8, 4) is 0 Å². The maximum Gasteiger partial charge on any atom is 0.0345 e. The molecule has 2 N–H and O–H groups in total. The molecule has 1 aromatic carbocycles. The van der Waals surface area contributed by atoms with Crippen LogP contribution in [0.15, 0.2) is 24.3 Å². The zero-order chi connectivity index (χ0) is 11.3. The van der Waals surface area contributed by atoms with Crippen LogP contribution in [0.1, 0.15) is 33.3 Å². The topological polar surface area (TPSA) is 24.1 Å². The minimum absolute atomic E-state index is 0.485. The second kappa shape index (κ2) is 5.76. The summed E-state index contributed by atoms with van der Waals surface area (Å²) in [5.74, 6) is 0. The Bertz CT molecular complexity index is 292. The molecule has 0 aromatic heterocycles. The Balaban J connectivity index is 2.57. The van der Waals surface area contributed by atoms with Gasteiger partial charge in [-0.1, -0.05) is 26.0 Å². The van der Waals surface area contributed by atoms with Crippen molar-refractivity contribution in [2.75, 3.05) is 5.32 Å². The van der Waals surface area contributed by atoms with Crippen molar-refractivity contribution in [2.24, 2.45) is 0 Å². The van der Waals surface area contributed by atoms with Crippen molar-refractivity contribution < 1.29 is 0 Å². The van der Waals surface area contributed by atoms with Gasteiger partial charge < -0.3 is 10.6 Å². The molecule has 15 heavy (non-hydrogen) atoms. The molecule has 0 aliphatic heterocycles. The van der Waals surface area contributed by atoms with Crippen LogP contribution in [0, 0.1) is 0 Å². The zero-order valence-corrected chi connectivity index (χ0v) is 10.2. The summed E-state index contributed by atoms with van der Waals surface area (Å²) in [7, 11) is 0. The van der Waals surface area contributed by atoms with E-state index in [4.69, 9.17) is 0 Å². The van der Waals surface area contributed by atoms with Crippen LogP contribution < -0.4 is 10.6 Å². The van der Waals surface area contributed by atoms with Gasteiger partial charge >= 0.3 is 0 Å². The van der Waals surface area contributed by atoms with Crippen LogP contribution in [-0.4, -0.2) is 12.1 Å². The summed E-state index contributed by atoms with van der Waals surface area (Å²) in [6.07, 6.45) is 0. The molecule has 1 aromatic rings. The number of anilines is 1. The van der Waals surface area contributed by atoms with Crippen molar-refractivity contribution >= 4 is 5.69 Å².